The maximum Gasteiger partial charge on any atom is 0.255 e. The van der Waals surface area contributed by atoms with Crippen molar-refractivity contribution < 1.29 is 9.59 Å². The van der Waals surface area contributed by atoms with E-state index >= 15 is 0 Å². The molecule has 3 aromatic rings. The molecule has 0 fully saturated rings. The van der Waals surface area contributed by atoms with E-state index in [2.05, 4.69) is 20.9 Å². The predicted molar refractivity (Wildman–Crippen MR) is 133 cm³/mol. The topological polar surface area (TPSA) is 83.1 Å². The Labute approximate surface area is 195 Å². The molecule has 1 aromatic heterocycles. The molecule has 1 heterocycles. The fourth-order valence-electron chi connectivity index (χ4n) is 3.36. The second-order valence-electron chi connectivity index (χ2n) is 9.26. The van der Waals surface area contributed by atoms with Crippen LogP contribution in [-0.4, -0.2) is 23.3 Å². The summed E-state index contributed by atoms with van der Waals surface area (Å²) in [5.74, 6) is -0.297. The molecule has 33 heavy (non-hydrogen) atoms. The van der Waals surface area contributed by atoms with Gasteiger partial charge in [0.1, 0.15) is 0 Å². The third-order valence-corrected chi connectivity index (χ3v) is 5.03. The summed E-state index contributed by atoms with van der Waals surface area (Å²) in [5.41, 5.74) is 3.97. The molecule has 0 aliphatic carbocycles. The number of pyridine rings is 1. The zero-order valence-electron chi connectivity index (χ0n) is 19.5. The van der Waals surface area contributed by atoms with E-state index in [0.717, 1.165) is 25.1 Å². The number of aromatic nitrogens is 1. The van der Waals surface area contributed by atoms with E-state index in [9.17, 15) is 9.59 Å². The number of rotatable bonds is 9. The summed E-state index contributed by atoms with van der Waals surface area (Å²) in [6.45, 7) is 7.64. The zero-order valence-corrected chi connectivity index (χ0v) is 19.5. The number of nitrogens with one attached hydrogen (secondary N) is 3. The third-order valence-electron chi connectivity index (χ3n) is 5.03. The molecule has 0 spiro atoms. The molecule has 6 heteroatoms. The Morgan fingerprint density at radius 1 is 0.818 bits per heavy atom. The van der Waals surface area contributed by atoms with Gasteiger partial charge in [-0.2, -0.15) is 0 Å². The normalized spacial score (nSPS) is 11.1. The van der Waals surface area contributed by atoms with Crippen LogP contribution in [0.15, 0.2) is 73.1 Å². The summed E-state index contributed by atoms with van der Waals surface area (Å²) < 4.78 is 0. The Morgan fingerprint density at radius 3 is 2.09 bits per heavy atom. The summed E-state index contributed by atoms with van der Waals surface area (Å²) >= 11 is 0. The van der Waals surface area contributed by atoms with Gasteiger partial charge in [0.2, 0.25) is 5.91 Å². The molecule has 0 aliphatic heterocycles. The minimum absolute atomic E-state index is 0.0787. The van der Waals surface area contributed by atoms with E-state index in [4.69, 9.17) is 0 Å². The van der Waals surface area contributed by atoms with Crippen LogP contribution in [0.5, 0.6) is 0 Å². The highest BCUT2D eigenvalue weighted by Crippen LogP contribution is 2.24. The molecule has 0 atom stereocenters. The number of hydrogen-bond acceptors (Lipinski definition) is 4. The summed E-state index contributed by atoms with van der Waals surface area (Å²) in [5, 5.41) is 9.24. The second kappa shape index (κ2) is 11.4. The van der Waals surface area contributed by atoms with Gasteiger partial charge in [-0.3, -0.25) is 14.6 Å². The highest BCUT2D eigenvalue weighted by atomic mass is 16.2. The molecular formula is C27H32N4O2. The van der Waals surface area contributed by atoms with Gasteiger partial charge in [0.05, 0.1) is 11.4 Å². The molecule has 0 saturated heterocycles. The van der Waals surface area contributed by atoms with E-state index in [-0.39, 0.29) is 17.2 Å². The van der Waals surface area contributed by atoms with Crippen LogP contribution < -0.4 is 16.0 Å². The quantitative estimate of drug-likeness (QED) is 0.404. The van der Waals surface area contributed by atoms with E-state index in [1.54, 1.807) is 24.5 Å². The molecule has 2 aromatic carbocycles. The average molecular weight is 445 g/mol. The molecule has 0 radical (unpaired) electrons. The Kier molecular flexibility index (Phi) is 8.33. The van der Waals surface area contributed by atoms with Gasteiger partial charge in [-0.25, -0.2) is 0 Å². The Morgan fingerprint density at radius 2 is 1.45 bits per heavy atom. The number of anilines is 2. The van der Waals surface area contributed by atoms with Crippen LogP contribution in [0, 0.1) is 5.41 Å². The van der Waals surface area contributed by atoms with Gasteiger partial charge in [0, 0.05) is 30.9 Å². The molecule has 3 rings (SSSR count). The van der Waals surface area contributed by atoms with Crippen molar-refractivity contribution >= 4 is 23.2 Å². The second-order valence-corrected chi connectivity index (χ2v) is 9.26. The van der Waals surface area contributed by atoms with Crippen molar-refractivity contribution in [1.29, 1.82) is 0 Å². The number of carbonyl (C=O) groups is 2. The smallest absolute Gasteiger partial charge is 0.255 e. The van der Waals surface area contributed by atoms with Crippen molar-refractivity contribution in [2.24, 2.45) is 5.41 Å². The fraction of sp³-hybridized carbons (Fsp3) is 0.296. The Bertz CT molecular complexity index is 1060. The number of carbonyl (C=O) groups excluding carboxylic acids is 2. The largest absolute Gasteiger partial charge is 0.324 e. The van der Waals surface area contributed by atoms with Crippen LogP contribution in [0.1, 0.15) is 48.7 Å². The molecule has 6 nitrogen and oxygen atoms in total. The van der Waals surface area contributed by atoms with Crippen molar-refractivity contribution in [2.75, 3.05) is 17.2 Å². The van der Waals surface area contributed by atoms with Crippen molar-refractivity contribution in [1.82, 2.24) is 10.3 Å². The van der Waals surface area contributed by atoms with E-state index in [1.807, 2.05) is 69.3 Å². The predicted octanol–water partition coefficient (Wildman–Crippen LogP) is 5.04. The number of amides is 2. The Hall–Kier alpha value is -3.51. The van der Waals surface area contributed by atoms with Crippen LogP contribution in [-0.2, 0) is 17.8 Å². The van der Waals surface area contributed by atoms with Crippen molar-refractivity contribution in [3.05, 3.63) is 89.7 Å². The van der Waals surface area contributed by atoms with Crippen LogP contribution in [0.2, 0.25) is 0 Å². The highest BCUT2D eigenvalue weighted by molar-refractivity contribution is 6.07. The van der Waals surface area contributed by atoms with E-state index in [0.29, 0.717) is 23.4 Å². The zero-order chi connectivity index (χ0) is 23.7. The van der Waals surface area contributed by atoms with Gasteiger partial charge in [-0.15, -0.1) is 0 Å². The molecule has 0 aliphatic rings. The molecule has 2 amide bonds. The standard InChI is InChI=1S/C27H32N4O2/c1-27(2,3)18-25(32)30-23-6-4-5-7-24(23)31-26(33)22-10-8-21(9-11-22)19-29-17-14-20-12-15-28-16-13-20/h4-13,15-16,29H,14,17-19H2,1-3H3,(H,30,32)(H,31,33). The first-order chi connectivity index (χ1) is 15.8. The summed E-state index contributed by atoms with van der Waals surface area (Å²) in [6, 6.07) is 18.8. The lowest BCUT2D eigenvalue weighted by atomic mass is 9.92. The van der Waals surface area contributed by atoms with Gasteiger partial charge < -0.3 is 16.0 Å². The minimum atomic E-state index is -0.218. The van der Waals surface area contributed by atoms with Crippen LogP contribution in [0.25, 0.3) is 0 Å². The SMILES string of the molecule is CC(C)(C)CC(=O)Nc1ccccc1NC(=O)c1ccc(CNCCc2ccncc2)cc1. The number of para-hydroxylation sites is 2. The van der Waals surface area contributed by atoms with Gasteiger partial charge in [0.25, 0.3) is 5.91 Å². The lowest BCUT2D eigenvalue weighted by molar-refractivity contribution is -0.117. The molecule has 172 valence electrons. The van der Waals surface area contributed by atoms with Gasteiger partial charge in [0.15, 0.2) is 0 Å². The molecule has 0 saturated carbocycles. The lowest BCUT2D eigenvalue weighted by Crippen LogP contribution is -2.21. The maximum atomic E-state index is 12.8. The van der Waals surface area contributed by atoms with Crippen LogP contribution in [0.3, 0.4) is 0 Å². The molecule has 0 unspecified atom stereocenters. The summed E-state index contributed by atoms with van der Waals surface area (Å²) in [7, 11) is 0. The molecule has 3 N–H and O–H groups in total. The van der Waals surface area contributed by atoms with Crippen molar-refractivity contribution in [3.8, 4) is 0 Å². The third kappa shape index (κ3) is 8.16. The van der Waals surface area contributed by atoms with Gasteiger partial charge in [-0.1, -0.05) is 45.0 Å². The van der Waals surface area contributed by atoms with Gasteiger partial charge in [-0.05, 0) is 65.9 Å². The van der Waals surface area contributed by atoms with Crippen molar-refractivity contribution in [2.45, 2.75) is 40.2 Å². The first-order valence-corrected chi connectivity index (χ1v) is 11.2. The first kappa shape index (κ1) is 24.1. The number of hydrogen-bond donors (Lipinski definition) is 3. The highest BCUT2D eigenvalue weighted by Gasteiger charge is 2.17. The van der Waals surface area contributed by atoms with E-state index in [1.165, 1.54) is 5.56 Å². The van der Waals surface area contributed by atoms with Crippen LogP contribution in [0.4, 0.5) is 11.4 Å². The van der Waals surface area contributed by atoms with E-state index < -0.39 is 0 Å². The summed E-state index contributed by atoms with van der Waals surface area (Å²) in [6.07, 6.45) is 4.94. The minimum Gasteiger partial charge on any atom is -0.324 e. The number of nitrogens with zero attached hydrogens (tertiary/aromatic N) is 1. The first-order valence-electron chi connectivity index (χ1n) is 11.2. The lowest BCUT2D eigenvalue weighted by Gasteiger charge is -2.18. The Balaban J connectivity index is 1.53. The maximum absolute atomic E-state index is 12.8. The van der Waals surface area contributed by atoms with Gasteiger partial charge >= 0.3 is 0 Å². The van der Waals surface area contributed by atoms with Crippen molar-refractivity contribution in [3.63, 3.8) is 0 Å². The average Bonchev–Trinajstić information content (AvgIpc) is 2.78. The summed E-state index contributed by atoms with van der Waals surface area (Å²) in [4.78, 5) is 29.1. The monoisotopic (exact) mass is 444 g/mol. The number of benzene rings is 2. The molecular weight excluding hydrogens is 412 g/mol. The fourth-order valence-corrected chi connectivity index (χ4v) is 3.36. The molecule has 0 bridgehead atoms. The van der Waals surface area contributed by atoms with Crippen LogP contribution >= 0.6 is 0 Å².